The number of nitrogens with zero attached hydrogens (tertiary/aromatic N) is 1. The van der Waals surface area contributed by atoms with E-state index in [-0.39, 0.29) is 11.5 Å². The molecule has 180 valence electrons. The highest BCUT2D eigenvalue weighted by Gasteiger charge is 2.28. The van der Waals surface area contributed by atoms with Crippen molar-refractivity contribution in [2.75, 3.05) is 19.6 Å². The third-order valence-corrected chi connectivity index (χ3v) is 7.53. The van der Waals surface area contributed by atoms with E-state index in [0.717, 1.165) is 38.0 Å². The summed E-state index contributed by atoms with van der Waals surface area (Å²) in [6, 6.07) is 30.6. The van der Waals surface area contributed by atoms with Gasteiger partial charge in [-0.15, -0.1) is 0 Å². The minimum Gasteiger partial charge on any atom is -0.388 e. The van der Waals surface area contributed by atoms with Gasteiger partial charge < -0.3 is 10.0 Å². The van der Waals surface area contributed by atoms with E-state index in [1.54, 1.807) is 0 Å². The molecule has 2 nitrogen and oxygen atoms in total. The Morgan fingerprint density at radius 3 is 1.79 bits per heavy atom. The molecular weight excluding hydrogens is 414 g/mol. The van der Waals surface area contributed by atoms with Gasteiger partial charge in [-0.05, 0) is 78.9 Å². The van der Waals surface area contributed by atoms with E-state index in [9.17, 15) is 5.11 Å². The summed E-state index contributed by atoms with van der Waals surface area (Å²) >= 11 is 0. The largest absolute Gasteiger partial charge is 0.388 e. The maximum atomic E-state index is 10.7. The summed E-state index contributed by atoms with van der Waals surface area (Å²) in [5.41, 5.74) is 5.38. The molecule has 1 heterocycles. The zero-order valence-electron chi connectivity index (χ0n) is 21.2. The topological polar surface area (TPSA) is 23.5 Å². The lowest BCUT2D eigenvalue weighted by Gasteiger charge is -2.36. The van der Waals surface area contributed by atoms with Crippen LogP contribution in [0.25, 0.3) is 0 Å². The van der Waals surface area contributed by atoms with Crippen LogP contribution in [-0.2, 0) is 5.41 Å². The molecule has 4 rings (SSSR count). The predicted molar refractivity (Wildman–Crippen MR) is 143 cm³/mol. The first-order chi connectivity index (χ1) is 16.4. The summed E-state index contributed by atoms with van der Waals surface area (Å²) < 4.78 is 0. The first-order valence-corrected chi connectivity index (χ1v) is 13.0. The van der Waals surface area contributed by atoms with Gasteiger partial charge in [-0.1, -0.05) is 106 Å². The molecule has 3 aromatic carbocycles. The van der Waals surface area contributed by atoms with Gasteiger partial charge in [-0.25, -0.2) is 0 Å². The van der Waals surface area contributed by atoms with Crippen molar-refractivity contribution >= 4 is 0 Å². The quantitative estimate of drug-likeness (QED) is 0.384. The molecule has 1 atom stereocenters. The third-order valence-electron chi connectivity index (χ3n) is 7.53. The van der Waals surface area contributed by atoms with Gasteiger partial charge in [0.1, 0.15) is 0 Å². The molecule has 0 aromatic heterocycles. The molecular formula is C32H41NO. The number of aliphatic hydroxyl groups excluding tert-OH is 1. The molecule has 0 amide bonds. The lowest BCUT2D eigenvalue weighted by molar-refractivity contribution is 0.140. The zero-order valence-corrected chi connectivity index (χ0v) is 21.2. The van der Waals surface area contributed by atoms with Crippen molar-refractivity contribution in [3.05, 3.63) is 107 Å². The zero-order chi connectivity index (χ0) is 24.0. The standard InChI is InChI=1S/C32H41NO/c1-32(2,3)29-18-16-25(17-19-29)30(34)15-10-22-33-23-20-28(21-24-33)31(26-11-6-4-7-12-26)27-13-8-5-9-14-27/h4-9,11-14,16-19,28,30-31,34H,10,15,20-24H2,1-3H3/t30-/m1/s1. The number of hydrogen-bond acceptors (Lipinski definition) is 2. The second-order valence-corrected chi connectivity index (χ2v) is 11.0. The van der Waals surface area contributed by atoms with Crippen molar-refractivity contribution in [3.63, 3.8) is 0 Å². The van der Waals surface area contributed by atoms with Crippen LogP contribution in [0.4, 0.5) is 0 Å². The van der Waals surface area contributed by atoms with Gasteiger partial charge in [0, 0.05) is 5.92 Å². The Labute approximate surface area is 206 Å². The van der Waals surface area contributed by atoms with Gasteiger partial charge in [-0.3, -0.25) is 0 Å². The van der Waals surface area contributed by atoms with Crippen LogP contribution in [-0.4, -0.2) is 29.6 Å². The SMILES string of the molecule is CC(C)(C)c1ccc([C@H](O)CCCN2CCC(C(c3ccccc3)c3ccccc3)CC2)cc1. The second-order valence-electron chi connectivity index (χ2n) is 11.0. The smallest absolute Gasteiger partial charge is 0.0790 e. The van der Waals surface area contributed by atoms with E-state index < -0.39 is 0 Å². The molecule has 1 N–H and O–H groups in total. The predicted octanol–water partition coefficient (Wildman–Crippen LogP) is 7.34. The average Bonchev–Trinajstić information content (AvgIpc) is 2.86. The first kappa shape index (κ1) is 24.7. The number of aliphatic hydroxyl groups is 1. The van der Waals surface area contributed by atoms with Gasteiger partial charge in [0.25, 0.3) is 0 Å². The fourth-order valence-corrected chi connectivity index (χ4v) is 5.45. The fraction of sp³-hybridized carbons (Fsp3) is 0.438. The highest BCUT2D eigenvalue weighted by atomic mass is 16.3. The fourth-order valence-electron chi connectivity index (χ4n) is 5.45. The monoisotopic (exact) mass is 455 g/mol. The second kappa shape index (κ2) is 11.3. The molecule has 1 fully saturated rings. The van der Waals surface area contributed by atoms with Crippen LogP contribution in [0.15, 0.2) is 84.9 Å². The minimum absolute atomic E-state index is 0.148. The Morgan fingerprint density at radius 2 is 1.29 bits per heavy atom. The number of benzene rings is 3. The van der Waals surface area contributed by atoms with Crippen molar-refractivity contribution in [2.24, 2.45) is 5.92 Å². The van der Waals surface area contributed by atoms with Crippen LogP contribution < -0.4 is 0 Å². The summed E-state index contributed by atoms with van der Waals surface area (Å²) in [7, 11) is 0. The Balaban J connectivity index is 1.28. The summed E-state index contributed by atoms with van der Waals surface area (Å²) in [6.45, 7) is 10.1. The number of rotatable bonds is 8. The van der Waals surface area contributed by atoms with Crippen LogP contribution in [0.1, 0.15) is 80.7 Å². The van der Waals surface area contributed by atoms with E-state index in [1.807, 2.05) is 0 Å². The molecule has 0 radical (unpaired) electrons. The van der Waals surface area contributed by atoms with E-state index in [1.165, 1.54) is 29.5 Å². The van der Waals surface area contributed by atoms with E-state index in [4.69, 9.17) is 0 Å². The van der Waals surface area contributed by atoms with Crippen LogP contribution in [0.3, 0.4) is 0 Å². The Hall–Kier alpha value is -2.42. The van der Waals surface area contributed by atoms with Crippen molar-refractivity contribution < 1.29 is 5.11 Å². The van der Waals surface area contributed by atoms with E-state index >= 15 is 0 Å². The van der Waals surface area contributed by atoms with Gasteiger partial charge in [0.15, 0.2) is 0 Å². The van der Waals surface area contributed by atoms with Gasteiger partial charge in [-0.2, -0.15) is 0 Å². The first-order valence-electron chi connectivity index (χ1n) is 13.0. The third kappa shape index (κ3) is 6.37. The molecule has 1 saturated heterocycles. The molecule has 1 aliphatic heterocycles. The van der Waals surface area contributed by atoms with Crippen LogP contribution in [0, 0.1) is 5.92 Å². The maximum Gasteiger partial charge on any atom is 0.0790 e. The summed E-state index contributed by atoms with van der Waals surface area (Å²) in [4.78, 5) is 2.60. The van der Waals surface area contributed by atoms with Gasteiger partial charge in [0.05, 0.1) is 6.10 Å². The Kier molecular flexibility index (Phi) is 8.24. The highest BCUT2D eigenvalue weighted by Crippen LogP contribution is 2.38. The summed E-state index contributed by atoms with van der Waals surface area (Å²) in [6.07, 6.45) is 3.95. The molecule has 0 saturated carbocycles. The Morgan fingerprint density at radius 1 is 0.765 bits per heavy atom. The number of piperidine rings is 1. The maximum absolute atomic E-state index is 10.7. The van der Waals surface area contributed by atoms with Crippen molar-refractivity contribution in [2.45, 2.75) is 63.9 Å². The summed E-state index contributed by atoms with van der Waals surface area (Å²) in [5, 5.41) is 10.7. The molecule has 0 unspecified atom stereocenters. The average molecular weight is 456 g/mol. The Bertz CT molecular complexity index is 943. The van der Waals surface area contributed by atoms with Crippen molar-refractivity contribution in [1.82, 2.24) is 4.90 Å². The van der Waals surface area contributed by atoms with Crippen LogP contribution >= 0.6 is 0 Å². The molecule has 0 aliphatic carbocycles. The minimum atomic E-state index is -0.368. The van der Waals surface area contributed by atoms with Crippen LogP contribution in [0.2, 0.25) is 0 Å². The number of likely N-dealkylation sites (tertiary alicyclic amines) is 1. The van der Waals surface area contributed by atoms with Gasteiger partial charge in [0.2, 0.25) is 0 Å². The number of hydrogen-bond donors (Lipinski definition) is 1. The molecule has 0 spiro atoms. The molecule has 2 heteroatoms. The lowest BCUT2D eigenvalue weighted by atomic mass is 9.76. The molecule has 0 bridgehead atoms. The molecule has 3 aromatic rings. The molecule has 1 aliphatic rings. The highest BCUT2D eigenvalue weighted by molar-refractivity contribution is 5.33. The normalized spacial score (nSPS) is 16.6. The van der Waals surface area contributed by atoms with Crippen molar-refractivity contribution in [3.8, 4) is 0 Å². The molecule has 34 heavy (non-hydrogen) atoms. The lowest BCUT2D eigenvalue weighted by Crippen LogP contribution is -2.36. The van der Waals surface area contributed by atoms with Crippen molar-refractivity contribution in [1.29, 1.82) is 0 Å². The van der Waals surface area contributed by atoms with Gasteiger partial charge >= 0.3 is 0 Å². The summed E-state index contributed by atoms with van der Waals surface area (Å²) in [5.74, 6) is 1.15. The van der Waals surface area contributed by atoms with E-state index in [0.29, 0.717) is 11.8 Å². The van der Waals surface area contributed by atoms with Crippen LogP contribution in [0.5, 0.6) is 0 Å². The van der Waals surface area contributed by atoms with E-state index in [2.05, 4.69) is 111 Å².